The van der Waals surface area contributed by atoms with Crippen molar-refractivity contribution in [2.75, 3.05) is 13.7 Å². The number of aryl methyl sites for hydroxylation is 1. The van der Waals surface area contributed by atoms with E-state index < -0.39 is 12.0 Å². The molecule has 0 radical (unpaired) electrons. The summed E-state index contributed by atoms with van der Waals surface area (Å²) in [6.45, 7) is 2.71. The molecular formula is C12H17NO3. The molecule has 4 heteroatoms. The van der Waals surface area contributed by atoms with E-state index in [9.17, 15) is 4.79 Å². The van der Waals surface area contributed by atoms with Gasteiger partial charge in [-0.15, -0.1) is 0 Å². The Balaban J connectivity index is 2.55. The molecule has 0 aliphatic heterocycles. The molecule has 0 saturated carbocycles. The van der Waals surface area contributed by atoms with E-state index in [2.05, 4.69) is 5.32 Å². The van der Waals surface area contributed by atoms with Gasteiger partial charge < -0.3 is 9.84 Å². The molecule has 0 fully saturated rings. The molecule has 0 aliphatic rings. The van der Waals surface area contributed by atoms with Crippen molar-refractivity contribution in [3.05, 3.63) is 35.4 Å². The van der Waals surface area contributed by atoms with Crippen molar-refractivity contribution < 1.29 is 14.6 Å². The van der Waals surface area contributed by atoms with Gasteiger partial charge in [0.1, 0.15) is 6.04 Å². The van der Waals surface area contributed by atoms with Crippen LogP contribution in [-0.2, 0) is 16.1 Å². The Morgan fingerprint density at radius 1 is 1.50 bits per heavy atom. The summed E-state index contributed by atoms with van der Waals surface area (Å²) in [4.78, 5) is 10.9. The van der Waals surface area contributed by atoms with Crippen LogP contribution in [0.15, 0.2) is 24.3 Å². The van der Waals surface area contributed by atoms with E-state index in [1.54, 1.807) is 0 Å². The molecule has 16 heavy (non-hydrogen) atoms. The van der Waals surface area contributed by atoms with E-state index in [0.29, 0.717) is 6.54 Å². The Morgan fingerprint density at radius 2 is 2.19 bits per heavy atom. The van der Waals surface area contributed by atoms with Crippen molar-refractivity contribution >= 4 is 5.97 Å². The lowest BCUT2D eigenvalue weighted by Gasteiger charge is -2.14. The van der Waals surface area contributed by atoms with Gasteiger partial charge in [0.2, 0.25) is 0 Å². The fourth-order valence-electron chi connectivity index (χ4n) is 1.43. The van der Waals surface area contributed by atoms with Crippen molar-refractivity contribution in [1.29, 1.82) is 0 Å². The molecule has 1 rings (SSSR count). The number of methoxy groups -OCH3 is 1. The van der Waals surface area contributed by atoms with Crippen LogP contribution in [0.2, 0.25) is 0 Å². The highest BCUT2D eigenvalue weighted by atomic mass is 16.5. The first-order valence-electron chi connectivity index (χ1n) is 5.14. The second kappa shape index (κ2) is 6.25. The minimum Gasteiger partial charge on any atom is -0.480 e. The van der Waals surface area contributed by atoms with E-state index in [1.807, 2.05) is 31.2 Å². The lowest BCUT2D eigenvalue weighted by molar-refractivity contribution is -0.140. The van der Waals surface area contributed by atoms with Gasteiger partial charge in [0.25, 0.3) is 0 Å². The molecule has 0 spiro atoms. The zero-order valence-corrected chi connectivity index (χ0v) is 9.56. The number of nitrogens with one attached hydrogen (secondary N) is 1. The summed E-state index contributed by atoms with van der Waals surface area (Å²) in [6, 6.07) is 7.22. The lowest BCUT2D eigenvalue weighted by Crippen LogP contribution is -2.39. The number of carboxylic acids is 1. The predicted molar refractivity (Wildman–Crippen MR) is 61.3 cm³/mol. The lowest BCUT2D eigenvalue weighted by atomic mass is 10.1. The minimum absolute atomic E-state index is 0.168. The third kappa shape index (κ3) is 3.64. The van der Waals surface area contributed by atoms with Crippen molar-refractivity contribution in [1.82, 2.24) is 5.32 Å². The SMILES string of the molecule is COCC(NCc1ccccc1C)C(=O)O. The zero-order valence-electron chi connectivity index (χ0n) is 9.56. The Morgan fingerprint density at radius 3 is 2.75 bits per heavy atom. The molecule has 0 aromatic heterocycles. The number of carbonyl (C=O) groups is 1. The summed E-state index contributed by atoms with van der Waals surface area (Å²) in [7, 11) is 1.49. The van der Waals surface area contributed by atoms with Gasteiger partial charge in [0, 0.05) is 13.7 Å². The van der Waals surface area contributed by atoms with E-state index in [-0.39, 0.29) is 6.61 Å². The Bertz CT molecular complexity index is 352. The molecule has 2 N–H and O–H groups in total. The highest BCUT2D eigenvalue weighted by molar-refractivity contribution is 5.73. The maximum atomic E-state index is 10.9. The number of hydrogen-bond acceptors (Lipinski definition) is 3. The molecule has 4 nitrogen and oxygen atoms in total. The first-order valence-corrected chi connectivity index (χ1v) is 5.14. The van der Waals surface area contributed by atoms with Crippen LogP contribution in [0, 0.1) is 6.92 Å². The Kier molecular flexibility index (Phi) is 4.95. The smallest absolute Gasteiger partial charge is 0.323 e. The second-order valence-electron chi connectivity index (χ2n) is 3.65. The maximum absolute atomic E-state index is 10.9. The first-order chi connectivity index (χ1) is 7.65. The molecule has 1 aromatic carbocycles. The monoisotopic (exact) mass is 223 g/mol. The normalized spacial score (nSPS) is 12.4. The van der Waals surface area contributed by atoms with Crippen LogP contribution in [0.5, 0.6) is 0 Å². The highest BCUT2D eigenvalue weighted by Gasteiger charge is 2.16. The van der Waals surface area contributed by atoms with Gasteiger partial charge in [0.15, 0.2) is 0 Å². The van der Waals surface area contributed by atoms with Crippen LogP contribution in [0.1, 0.15) is 11.1 Å². The summed E-state index contributed by atoms with van der Waals surface area (Å²) in [5.41, 5.74) is 2.25. The molecule has 0 bridgehead atoms. The maximum Gasteiger partial charge on any atom is 0.323 e. The van der Waals surface area contributed by atoms with Gasteiger partial charge in [0.05, 0.1) is 6.61 Å². The summed E-state index contributed by atoms with van der Waals surface area (Å²) >= 11 is 0. The third-order valence-electron chi connectivity index (χ3n) is 2.43. The van der Waals surface area contributed by atoms with Crippen LogP contribution < -0.4 is 5.32 Å². The summed E-state index contributed by atoms with van der Waals surface area (Å²) in [6.07, 6.45) is 0. The van der Waals surface area contributed by atoms with Crippen LogP contribution in [0.3, 0.4) is 0 Å². The van der Waals surface area contributed by atoms with Gasteiger partial charge in [-0.3, -0.25) is 10.1 Å². The average Bonchev–Trinajstić information content (AvgIpc) is 2.26. The summed E-state index contributed by atoms with van der Waals surface area (Å²) < 4.78 is 4.84. The molecule has 1 unspecified atom stereocenters. The van der Waals surface area contributed by atoms with Gasteiger partial charge in [-0.05, 0) is 18.1 Å². The number of hydrogen-bond donors (Lipinski definition) is 2. The quantitative estimate of drug-likeness (QED) is 0.760. The van der Waals surface area contributed by atoms with Crippen molar-refractivity contribution in [3.8, 4) is 0 Å². The van der Waals surface area contributed by atoms with E-state index in [0.717, 1.165) is 11.1 Å². The molecule has 1 aromatic rings. The summed E-state index contributed by atoms with van der Waals surface area (Å²) in [5.74, 6) is -0.893. The van der Waals surface area contributed by atoms with Crippen molar-refractivity contribution in [3.63, 3.8) is 0 Å². The van der Waals surface area contributed by atoms with Crippen LogP contribution in [0.4, 0.5) is 0 Å². The second-order valence-corrected chi connectivity index (χ2v) is 3.65. The molecule has 1 atom stereocenters. The van der Waals surface area contributed by atoms with E-state index in [1.165, 1.54) is 7.11 Å². The molecular weight excluding hydrogens is 206 g/mol. The van der Waals surface area contributed by atoms with Crippen molar-refractivity contribution in [2.24, 2.45) is 0 Å². The average molecular weight is 223 g/mol. The minimum atomic E-state index is -0.893. The van der Waals surface area contributed by atoms with E-state index >= 15 is 0 Å². The number of ether oxygens (including phenoxy) is 1. The first kappa shape index (κ1) is 12.7. The number of benzene rings is 1. The van der Waals surface area contributed by atoms with Gasteiger partial charge >= 0.3 is 5.97 Å². The molecule has 0 amide bonds. The third-order valence-corrected chi connectivity index (χ3v) is 2.43. The zero-order chi connectivity index (χ0) is 12.0. The van der Waals surface area contributed by atoms with Crippen molar-refractivity contribution in [2.45, 2.75) is 19.5 Å². The van der Waals surface area contributed by atoms with Crippen LogP contribution >= 0.6 is 0 Å². The van der Waals surface area contributed by atoms with Crippen LogP contribution in [0.25, 0.3) is 0 Å². The largest absolute Gasteiger partial charge is 0.480 e. The highest BCUT2D eigenvalue weighted by Crippen LogP contribution is 2.06. The van der Waals surface area contributed by atoms with Gasteiger partial charge in [-0.25, -0.2) is 0 Å². The Labute approximate surface area is 95.2 Å². The topological polar surface area (TPSA) is 58.6 Å². The molecule has 0 saturated heterocycles. The fraction of sp³-hybridized carbons (Fsp3) is 0.417. The van der Waals surface area contributed by atoms with E-state index in [4.69, 9.17) is 9.84 Å². The Hall–Kier alpha value is -1.39. The van der Waals surface area contributed by atoms with Crippen LogP contribution in [-0.4, -0.2) is 30.8 Å². The number of carboxylic acid groups (broad SMARTS) is 1. The fourth-order valence-corrected chi connectivity index (χ4v) is 1.43. The van der Waals surface area contributed by atoms with Gasteiger partial charge in [-0.1, -0.05) is 24.3 Å². The number of rotatable bonds is 6. The standard InChI is InChI=1S/C12H17NO3/c1-9-5-3-4-6-10(9)7-13-11(8-16-2)12(14)15/h3-6,11,13H,7-8H2,1-2H3,(H,14,15). The predicted octanol–water partition coefficient (Wildman–Crippen LogP) is 1.18. The molecule has 0 aliphatic carbocycles. The number of aliphatic carboxylic acids is 1. The van der Waals surface area contributed by atoms with Gasteiger partial charge in [-0.2, -0.15) is 0 Å². The molecule has 0 heterocycles. The molecule has 88 valence electrons. The summed E-state index contributed by atoms with van der Waals surface area (Å²) in [5, 5.41) is 11.9.